The van der Waals surface area contributed by atoms with E-state index >= 15 is 0 Å². The summed E-state index contributed by atoms with van der Waals surface area (Å²) < 4.78 is 5.82. The second-order valence-corrected chi connectivity index (χ2v) is 7.15. The summed E-state index contributed by atoms with van der Waals surface area (Å²) in [5.74, 6) is 1.64. The summed E-state index contributed by atoms with van der Waals surface area (Å²) in [6, 6.07) is 12.4. The third-order valence-electron chi connectivity index (χ3n) is 5.61. The number of amides is 1. The molecule has 1 aromatic heterocycles. The summed E-state index contributed by atoms with van der Waals surface area (Å²) >= 11 is 0. The molecule has 3 saturated heterocycles. The number of benzene rings is 1. The highest BCUT2D eigenvalue weighted by molar-refractivity contribution is 5.92. The molecule has 4 heterocycles. The van der Waals surface area contributed by atoms with Crippen LogP contribution in [0.15, 0.2) is 40.8 Å². The summed E-state index contributed by atoms with van der Waals surface area (Å²) in [6.07, 6.45) is 2.37. The number of nitrogens with one attached hydrogen (secondary N) is 1. The Hall–Kier alpha value is -2.07. The Morgan fingerprint density at radius 3 is 2.71 bits per heavy atom. The van der Waals surface area contributed by atoms with Gasteiger partial charge in [-0.15, -0.1) is 0 Å². The number of hydrogen-bond acceptors (Lipinski definition) is 3. The number of carbonyl (C=O) groups is 1. The molecule has 0 unspecified atom stereocenters. The molecule has 126 valence electrons. The fourth-order valence-corrected chi connectivity index (χ4v) is 4.18. The molecule has 1 amide bonds. The number of aryl methyl sites for hydroxylation is 1. The monoisotopic (exact) mass is 324 g/mol. The Balaban J connectivity index is 1.49. The van der Waals surface area contributed by atoms with Gasteiger partial charge in [0.1, 0.15) is 5.76 Å². The van der Waals surface area contributed by atoms with Gasteiger partial charge in [-0.2, -0.15) is 0 Å². The van der Waals surface area contributed by atoms with E-state index in [2.05, 4.69) is 36.2 Å². The van der Waals surface area contributed by atoms with Crippen LogP contribution in [0, 0.1) is 12.8 Å². The van der Waals surface area contributed by atoms with Gasteiger partial charge in [-0.1, -0.05) is 23.8 Å². The lowest BCUT2D eigenvalue weighted by atomic mass is 9.79. The number of piperidine rings is 3. The van der Waals surface area contributed by atoms with Gasteiger partial charge in [-0.25, -0.2) is 0 Å². The van der Waals surface area contributed by atoms with Crippen molar-refractivity contribution in [3.05, 3.63) is 47.7 Å². The molecule has 1 aromatic carbocycles. The molecule has 3 aliphatic heterocycles. The van der Waals surface area contributed by atoms with Gasteiger partial charge in [0.15, 0.2) is 5.76 Å². The fraction of sp³-hybridized carbons (Fsp3) is 0.450. The maximum Gasteiger partial charge on any atom is 0.287 e. The van der Waals surface area contributed by atoms with Crippen LogP contribution in [0.25, 0.3) is 11.3 Å². The summed E-state index contributed by atoms with van der Waals surface area (Å²) in [5, 5.41) is 3.22. The first kappa shape index (κ1) is 15.5. The molecule has 0 aliphatic carbocycles. The number of nitrogens with zero attached hydrogens (tertiary/aromatic N) is 1. The Bertz CT molecular complexity index is 742. The summed E-state index contributed by atoms with van der Waals surface area (Å²) in [5.41, 5.74) is 2.18. The Kier molecular flexibility index (Phi) is 3.93. The molecule has 3 fully saturated rings. The van der Waals surface area contributed by atoms with Gasteiger partial charge in [0.25, 0.3) is 5.91 Å². The van der Waals surface area contributed by atoms with E-state index < -0.39 is 0 Å². The quantitative estimate of drug-likeness (QED) is 0.940. The first-order chi connectivity index (χ1) is 11.6. The topological polar surface area (TPSA) is 45.5 Å². The second-order valence-electron chi connectivity index (χ2n) is 7.15. The number of hydrogen-bond donors (Lipinski definition) is 1. The van der Waals surface area contributed by atoms with Crippen LogP contribution in [-0.4, -0.2) is 36.0 Å². The van der Waals surface area contributed by atoms with E-state index in [0.29, 0.717) is 17.7 Å². The summed E-state index contributed by atoms with van der Waals surface area (Å²) in [7, 11) is 0. The van der Waals surface area contributed by atoms with Crippen molar-refractivity contribution in [3.63, 3.8) is 0 Å². The van der Waals surface area contributed by atoms with Crippen molar-refractivity contribution < 1.29 is 9.21 Å². The molecule has 2 bridgehead atoms. The van der Waals surface area contributed by atoms with Gasteiger partial charge < -0.3 is 9.73 Å². The highest BCUT2D eigenvalue weighted by atomic mass is 16.3. The zero-order valence-electron chi connectivity index (χ0n) is 14.3. The predicted molar refractivity (Wildman–Crippen MR) is 93.9 cm³/mol. The van der Waals surface area contributed by atoms with E-state index in [4.69, 9.17) is 4.42 Å². The zero-order valence-corrected chi connectivity index (χ0v) is 14.3. The lowest BCUT2D eigenvalue weighted by Crippen LogP contribution is -2.62. The maximum absolute atomic E-state index is 12.6. The van der Waals surface area contributed by atoms with Crippen molar-refractivity contribution in [2.75, 3.05) is 13.1 Å². The Morgan fingerprint density at radius 2 is 2.00 bits per heavy atom. The molecule has 4 heteroatoms. The smallest absolute Gasteiger partial charge is 0.287 e. The minimum absolute atomic E-state index is 0.0977. The zero-order chi connectivity index (χ0) is 16.7. The van der Waals surface area contributed by atoms with Gasteiger partial charge >= 0.3 is 0 Å². The van der Waals surface area contributed by atoms with Crippen LogP contribution in [0.4, 0.5) is 0 Å². The average Bonchev–Trinajstić information content (AvgIpc) is 3.09. The van der Waals surface area contributed by atoms with E-state index in [9.17, 15) is 4.79 Å². The molecule has 2 atom stereocenters. The highest BCUT2D eigenvalue weighted by Crippen LogP contribution is 2.32. The third kappa shape index (κ3) is 2.75. The van der Waals surface area contributed by atoms with Crippen LogP contribution in [0.3, 0.4) is 0 Å². The van der Waals surface area contributed by atoms with Gasteiger partial charge in [0.2, 0.25) is 0 Å². The van der Waals surface area contributed by atoms with Gasteiger partial charge in [-0.05, 0) is 63.9 Å². The van der Waals surface area contributed by atoms with Crippen LogP contribution < -0.4 is 5.32 Å². The molecule has 0 spiro atoms. The van der Waals surface area contributed by atoms with Crippen molar-refractivity contribution in [1.29, 1.82) is 0 Å². The highest BCUT2D eigenvalue weighted by Gasteiger charge is 2.40. The van der Waals surface area contributed by atoms with Crippen LogP contribution in [0.2, 0.25) is 0 Å². The normalized spacial score (nSPS) is 28.8. The molecule has 5 rings (SSSR count). The lowest BCUT2D eigenvalue weighted by Gasteiger charge is -2.49. The number of rotatable bonds is 3. The van der Waals surface area contributed by atoms with E-state index in [0.717, 1.165) is 24.4 Å². The Labute approximate surface area is 142 Å². The molecule has 0 radical (unpaired) electrons. The average molecular weight is 324 g/mol. The number of fused-ring (bicyclic) bond motifs is 3. The maximum atomic E-state index is 12.6. The minimum atomic E-state index is -0.0977. The van der Waals surface area contributed by atoms with Crippen molar-refractivity contribution in [2.24, 2.45) is 5.92 Å². The van der Waals surface area contributed by atoms with Crippen LogP contribution >= 0.6 is 0 Å². The minimum Gasteiger partial charge on any atom is -0.451 e. The second kappa shape index (κ2) is 6.10. The predicted octanol–water partition coefficient (Wildman–Crippen LogP) is 3.47. The molecule has 0 saturated carbocycles. The molecular formula is C20H24N2O2. The fourth-order valence-electron chi connectivity index (χ4n) is 4.18. The SMILES string of the molecule is Cc1cccc(-c2ccc(C(=O)N[C@@H]3C4CCN(CC4)[C@H]3C)o2)c1. The lowest BCUT2D eigenvalue weighted by molar-refractivity contribution is 0.0211. The molecule has 24 heavy (non-hydrogen) atoms. The molecule has 3 aliphatic rings. The molecule has 1 N–H and O–H groups in total. The van der Waals surface area contributed by atoms with Gasteiger partial charge in [0, 0.05) is 17.6 Å². The standard InChI is InChI=1S/C20H24N2O2/c1-13-4-3-5-16(12-13)17-6-7-18(24-17)20(23)21-19-14(2)22-10-8-15(19)9-11-22/h3-7,12,14-15,19H,8-11H2,1-2H3,(H,21,23)/t14-,19-/m0/s1. The van der Waals surface area contributed by atoms with Crippen molar-refractivity contribution in [2.45, 2.75) is 38.8 Å². The first-order valence-corrected chi connectivity index (χ1v) is 8.83. The van der Waals surface area contributed by atoms with Gasteiger partial charge in [-0.3, -0.25) is 9.69 Å². The molecule has 4 nitrogen and oxygen atoms in total. The largest absolute Gasteiger partial charge is 0.451 e. The van der Waals surface area contributed by atoms with Crippen LogP contribution in [0.1, 0.15) is 35.9 Å². The molecule has 2 aromatic rings. The van der Waals surface area contributed by atoms with E-state index in [1.165, 1.54) is 18.4 Å². The Morgan fingerprint density at radius 1 is 1.21 bits per heavy atom. The third-order valence-corrected chi connectivity index (χ3v) is 5.61. The van der Waals surface area contributed by atoms with Crippen molar-refractivity contribution in [1.82, 2.24) is 10.2 Å². The molecular weight excluding hydrogens is 300 g/mol. The summed E-state index contributed by atoms with van der Waals surface area (Å²) in [4.78, 5) is 15.1. The summed E-state index contributed by atoms with van der Waals surface area (Å²) in [6.45, 7) is 6.60. The van der Waals surface area contributed by atoms with Gasteiger partial charge in [0.05, 0.1) is 0 Å². The van der Waals surface area contributed by atoms with E-state index in [1.54, 1.807) is 6.07 Å². The van der Waals surface area contributed by atoms with E-state index in [-0.39, 0.29) is 11.9 Å². The number of carbonyl (C=O) groups excluding carboxylic acids is 1. The van der Waals surface area contributed by atoms with Crippen molar-refractivity contribution >= 4 is 5.91 Å². The first-order valence-electron chi connectivity index (χ1n) is 8.83. The van der Waals surface area contributed by atoms with Crippen LogP contribution in [0.5, 0.6) is 0 Å². The van der Waals surface area contributed by atoms with E-state index in [1.807, 2.05) is 18.2 Å². The van der Waals surface area contributed by atoms with Crippen molar-refractivity contribution in [3.8, 4) is 11.3 Å². The van der Waals surface area contributed by atoms with Crippen LogP contribution in [-0.2, 0) is 0 Å². The number of furan rings is 1.